The molecule has 0 bridgehead atoms. The fourth-order valence-corrected chi connectivity index (χ4v) is 4.75. The molecule has 1 aromatic carbocycles. The Kier molecular flexibility index (Phi) is 8.11. The van der Waals surface area contributed by atoms with E-state index in [0.29, 0.717) is 12.0 Å². The van der Waals surface area contributed by atoms with Crippen molar-refractivity contribution < 1.29 is 19.3 Å². The smallest absolute Gasteiger partial charge is 0.269 e. The molecule has 9 nitrogen and oxygen atoms in total. The van der Waals surface area contributed by atoms with Gasteiger partial charge in [0, 0.05) is 30.3 Å². The minimum atomic E-state index is -0.887. The van der Waals surface area contributed by atoms with Crippen LogP contribution >= 0.6 is 12.6 Å². The Hall–Kier alpha value is -2.62. The molecule has 3 rings (SSSR count). The molecule has 0 aromatic heterocycles. The molecule has 3 amide bonds. The molecule has 2 aliphatic rings. The molecule has 0 radical (unpaired) electrons. The Morgan fingerprint density at radius 2 is 1.91 bits per heavy atom. The lowest BCUT2D eigenvalue weighted by Crippen LogP contribution is -2.69. The number of piperazine rings is 1. The molecule has 1 saturated heterocycles. The molecule has 10 heteroatoms. The Morgan fingerprint density at radius 3 is 2.47 bits per heavy atom. The minimum Gasteiger partial charge on any atom is -0.352 e. The number of nitro groups is 1. The third-order valence-corrected chi connectivity index (χ3v) is 6.61. The van der Waals surface area contributed by atoms with Crippen LogP contribution in [0, 0.1) is 10.1 Å². The zero-order valence-corrected chi connectivity index (χ0v) is 19.1. The Morgan fingerprint density at radius 1 is 1.25 bits per heavy atom. The monoisotopic (exact) mass is 462 g/mol. The molecule has 174 valence electrons. The van der Waals surface area contributed by atoms with E-state index in [4.69, 9.17) is 0 Å². The van der Waals surface area contributed by atoms with Crippen molar-refractivity contribution >= 4 is 36.0 Å². The van der Waals surface area contributed by atoms with E-state index in [9.17, 15) is 24.5 Å². The maximum Gasteiger partial charge on any atom is 0.269 e. The highest BCUT2D eigenvalue weighted by Gasteiger charge is 2.45. The number of carbonyl (C=O) groups excluding carboxylic acids is 3. The molecule has 2 fully saturated rings. The Bertz CT molecular complexity index is 856. The second kappa shape index (κ2) is 10.8. The maximum atomic E-state index is 13.2. The van der Waals surface area contributed by atoms with Gasteiger partial charge in [-0.2, -0.15) is 12.6 Å². The summed E-state index contributed by atoms with van der Waals surface area (Å²) in [5.41, 5.74) is 0.614. The number of nitrogens with zero attached hydrogens (tertiary/aromatic N) is 2. The average molecular weight is 463 g/mol. The van der Waals surface area contributed by atoms with Crippen molar-refractivity contribution in [2.24, 2.45) is 0 Å². The van der Waals surface area contributed by atoms with Crippen molar-refractivity contribution in [2.75, 3.05) is 5.75 Å². The minimum absolute atomic E-state index is 0.0526. The zero-order valence-electron chi connectivity index (χ0n) is 18.2. The number of nitrogens with one attached hydrogen (secondary N) is 2. The zero-order chi connectivity index (χ0) is 23.3. The van der Waals surface area contributed by atoms with E-state index in [1.165, 1.54) is 17.0 Å². The second-order valence-corrected chi connectivity index (χ2v) is 8.77. The van der Waals surface area contributed by atoms with E-state index >= 15 is 0 Å². The van der Waals surface area contributed by atoms with Gasteiger partial charge in [0.05, 0.1) is 4.92 Å². The van der Waals surface area contributed by atoms with Crippen LogP contribution in [-0.4, -0.2) is 57.5 Å². The number of non-ortho nitro benzene ring substituents is 1. The molecule has 3 unspecified atom stereocenters. The summed E-state index contributed by atoms with van der Waals surface area (Å²) in [6.07, 6.45) is 5.66. The van der Waals surface area contributed by atoms with Gasteiger partial charge in [-0.05, 0) is 24.8 Å². The number of thiol groups is 1. The van der Waals surface area contributed by atoms with E-state index < -0.39 is 23.0 Å². The van der Waals surface area contributed by atoms with Crippen LogP contribution < -0.4 is 10.6 Å². The lowest BCUT2D eigenvalue weighted by atomic mass is 9.94. The van der Waals surface area contributed by atoms with Crippen LogP contribution in [0.2, 0.25) is 0 Å². The largest absolute Gasteiger partial charge is 0.352 e. The van der Waals surface area contributed by atoms with Crippen molar-refractivity contribution in [1.29, 1.82) is 0 Å². The highest BCUT2D eigenvalue weighted by atomic mass is 32.1. The van der Waals surface area contributed by atoms with Crippen LogP contribution in [0.3, 0.4) is 0 Å². The first-order valence-corrected chi connectivity index (χ1v) is 11.8. The SMILES string of the molecule is CCC(C(=O)NC1CCCCC1)N1C(=O)C(CS)NC(=O)C1Cc1ccc([N+](=O)[O-])cc1. The number of hydrogen-bond acceptors (Lipinski definition) is 6. The molecule has 1 saturated carbocycles. The molecule has 1 aliphatic carbocycles. The molecular formula is C22H30N4O5S. The van der Waals surface area contributed by atoms with Crippen LogP contribution in [-0.2, 0) is 20.8 Å². The molecular weight excluding hydrogens is 432 g/mol. The van der Waals surface area contributed by atoms with Crippen molar-refractivity contribution in [1.82, 2.24) is 15.5 Å². The summed E-state index contributed by atoms with van der Waals surface area (Å²) in [5, 5.41) is 16.7. The van der Waals surface area contributed by atoms with E-state index in [2.05, 4.69) is 23.3 Å². The summed E-state index contributed by atoms with van der Waals surface area (Å²) in [5.74, 6) is -0.802. The van der Waals surface area contributed by atoms with Crippen LogP contribution in [0.1, 0.15) is 51.0 Å². The Labute approximate surface area is 192 Å². The topological polar surface area (TPSA) is 122 Å². The standard InChI is InChI=1S/C22H30N4O5S/c1-2-18(20(27)23-15-6-4-3-5-7-15)25-19(21(28)24-17(13-32)22(25)29)12-14-8-10-16(11-9-14)26(30)31/h8-11,15,17-19,32H,2-7,12-13H2,1H3,(H,23,27)(H,24,28). The van der Waals surface area contributed by atoms with E-state index in [1.807, 2.05) is 6.92 Å². The Balaban J connectivity index is 1.85. The van der Waals surface area contributed by atoms with Gasteiger partial charge in [0.25, 0.3) is 5.69 Å². The first-order chi connectivity index (χ1) is 15.3. The van der Waals surface area contributed by atoms with Crippen molar-refractivity contribution in [3.05, 3.63) is 39.9 Å². The number of amides is 3. The number of carbonyl (C=O) groups is 3. The molecule has 32 heavy (non-hydrogen) atoms. The summed E-state index contributed by atoms with van der Waals surface area (Å²) < 4.78 is 0. The van der Waals surface area contributed by atoms with Crippen LogP contribution in [0.15, 0.2) is 24.3 Å². The number of benzene rings is 1. The predicted molar refractivity (Wildman–Crippen MR) is 122 cm³/mol. The highest BCUT2D eigenvalue weighted by molar-refractivity contribution is 7.80. The lowest BCUT2D eigenvalue weighted by Gasteiger charge is -2.42. The molecule has 1 aliphatic heterocycles. The molecule has 0 spiro atoms. The lowest BCUT2D eigenvalue weighted by molar-refractivity contribution is -0.384. The molecule has 1 aromatic rings. The number of hydrogen-bond donors (Lipinski definition) is 3. The summed E-state index contributed by atoms with van der Waals surface area (Å²) in [4.78, 5) is 51.2. The quantitative estimate of drug-likeness (QED) is 0.310. The normalized spacial score (nSPS) is 22.9. The second-order valence-electron chi connectivity index (χ2n) is 8.40. The van der Waals surface area contributed by atoms with Gasteiger partial charge in [0.2, 0.25) is 17.7 Å². The summed E-state index contributed by atoms with van der Waals surface area (Å²) in [6, 6.07) is 3.51. The van der Waals surface area contributed by atoms with E-state index in [0.717, 1.165) is 32.1 Å². The summed E-state index contributed by atoms with van der Waals surface area (Å²) >= 11 is 4.19. The van der Waals surface area contributed by atoms with E-state index in [1.54, 1.807) is 12.1 Å². The van der Waals surface area contributed by atoms with Gasteiger partial charge in [-0.25, -0.2) is 0 Å². The summed E-state index contributed by atoms with van der Waals surface area (Å²) in [7, 11) is 0. The fraction of sp³-hybridized carbons (Fsp3) is 0.591. The van der Waals surface area contributed by atoms with E-state index in [-0.39, 0.29) is 41.6 Å². The van der Waals surface area contributed by atoms with Crippen LogP contribution in [0.5, 0.6) is 0 Å². The highest BCUT2D eigenvalue weighted by Crippen LogP contribution is 2.23. The molecule has 1 heterocycles. The van der Waals surface area contributed by atoms with Crippen molar-refractivity contribution in [3.63, 3.8) is 0 Å². The van der Waals surface area contributed by atoms with Gasteiger partial charge in [0.15, 0.2) is 0 Å². The first kappa shape index (κ1) is 24.0. The van der Waals surface area contributed by atoms with Gasteiger partial charge < -0.3 is 15.5 Å². The third-order valence-electron chi connectivity index (χ3n) is 6.24. The number of rotatable bonds is 8. The molecule has 2 N–H and O–H groups in total. The van der Waals surface area contributed by atoms with Gasteiger partial charge in [-0.15, -0.1) is 0 Å². The van der Waals surface area contributed by atoms with Gasteiger partial charge in [-0.1, -0.05) is 38.3 Å². The summed E-state index contributed by atoms with van der Waals surface area (Å²) in [6.45, 7) is 1.82. The average Bonchev–Trinajstić information content (AvgIpc) is 2.79. The predicted octanol–water partition coefficient (Wildman–Crippen LogP) is 1.99. The van der Waals surface area contributed by atoms with Crippen molar-refractivity contribution in [3.8, 4) is 0 Å². The number of nitro benzene ring substituents is 1. The first-order valence-electron chi connectivity index (χ1n) is 11.1. The maximum absolute atomic E-state index is 13.2. The van der Waals surface area contributed by atoms with Crippen LogP contribution in [0.4, 0.5) is 5.69 Å². The third kappa shape index (κ3) is 5.40. The van der Waals surface area contributed by atoms with Crippen molar-refractivity contribution in [2.45, 2.75) is 76.0 Å². The fourth-order valence-electron chi connectivity index (χ4n) is 4.50. The van der Waals surface area contributed by atoms with Gasteiger partial charge in [0.1, 0.15) is 18.1 Å². The van der Waals surface area contributed by atoms with Gasteiger partial charge >= 0.3 is 0 Å². The van der Waals surface area contributed by atoms with Crippen LogP contribution in [0.25, 0.3) is 0 Å². The van der Waals surface area contributed by atoms with Gasteiger partial charge in [-0.3, -0.25) is 24.5 Å². The molecule has 3 atom stereocenters.